The summed E-state index contributed by atoms with van der Waals surface area (Å²) in [6.07, 6.45) is -0.633. The van der Waals surface area contributed by atoms with Crippen molar-refractivity contribution in [1.82, 2.24) is 15.5 Å². The van der Waals surface area contributed by atoms with Crippen molar-refractivity contribution >= 4 is 40.8 Å². The van der Waals surface area contributed by atoms with Crippen LogP contribution in [0.5, 0.6) is 0 Å². The highest BCUT2D eigenvalue weighted by molar-refractivity contribution is 6.25. The zero-order valence-corrected chi connectivity index (χ0v) is 24.8. The highest BCUT2D eigenvalue weighted by Crippen LogP contribution is 2.35. The normalized spacial score (nSPS) is 21.2. The van der Waals surface area contributed by atoms with E-state index in [2.05, 4.69) is 10.6 Å². The van der Waals surface area contributed by atoms with E-state index in [1.807, 2.05) is 0 Å². The van der Waals surface area contributed by atoms with Gasteiger partial charge in [-0.25, -0.2) is 27.2 Å². The first-order chi connectivity index (χ1) is 22.4. The number of aliphatic carboxylic acids is 1. The molecule has 0 radical (unpaired) electrons. The summed E-state index contributed by atoms with van der Waals surface area (Å²) in [5.74, 6) is -6.20. The average molecular weight is 657 g/mol. The van der Waals surface area contributed by atoms with Gasteiger partial charge in [0, 0.05) is 50.9 Å². The molecule has 0 bridgehead atoms. The van der Waals surface area contributed by atoms with Crippen LogP contribution in [0.1, 0.15) is 6.92 Å². The second kappa shape index (κ2) is 12.3. The Labute approximate surface area is 265 Å². The molecular formula is C31H28F4N6O6. The number of hydrogen-bond donors (Lipinski definition) is 3. The van der Waals surface area contributed by atoms with Crippen molar-refractivity contribution in [3.63, 3.8) is 0 Å². The molecule has 0 spiro atoms. The zero-order valence-electron chi connectivity index (χ0n) is 24.8. The predicted molar refractivity (Wildman–Crippen MR) is 159 cm³/mol. The number of allylic oxidation sites excluding steroid dienone is 2. The molecule has 2 atom stereocenters. The summed E-state index contributed by atoms with van der Waals surface area (Å²) >= 11 is 0. The van der Waals surface area contributed by atoms with E-state index in [1.54, 1.807) is 15.9 Å². The summed E-state index contributed by atoms with van der Waals surface area (Å²) in [4.78, 5) is 54.0. The number of cyclic esters (lactones) is 1. The summed E-state index contributed by atoms with van der Waals surface area (Å²) in [6.45, 7) is 2.50. The average Bonchev–Trinajstić information content (AvgIpc) is 3.41. The van der Waals surface area contributed by atoms with Crippen LogP contribution in [0.25, 0.3) is 0 Å². The number of halogens is 4. The Balaban J connectivity index is 1.17. The van der Waals surface area contributed by atoms with Gasteiger partial charge in [0.1, 0.15) is 41.1 Å². The quantitative estimate of drug-likeness (QED) is 0.302. The molecule has 246 valence electrons. The number of carbonyl (C=O) groups is 4. The Morgan fingerprint density at radius 2 is 1.66 bits per heavy atom. The first-order valence-electron chi connectivity index (χ1n) is 14.5. The number of benzene rings is 2. The number of carboxylic acid groups (broad SMARTS) is 1. The molecule has 4 aliphatic rings. The minimum atomic E-state index is -1.60. The van der Waals surface area contributed by atoms with Crippen LogP contribution in [0.15, 0.2) is 71.5 Å². The number of ketones is 1. The van der Waals surface area contributed by atoms with Crippen molar-refractivity contribution in [2.45, 2.75) is 19.2 Å². The summed E-state index contributed by atoms with van der Waals surface area (Å²) in [5, 5.41) is 15.0. The van der Waals surface area contributed by atoms with Gasteiger partial charge in [0.25, 0.3) is 0 Å². The molecule has 3 N–H and O–H groups in total. The number of fused-ring (bicyclic) bond motifs is 1. The molecule has 47 heavy (non-hydrogen) atoms. The molecule has 0 aliphatic carbocycles. The Bertz CT molecular complexity index is 1770. The number of amides is 2. The van der Waals surface area contributed by atoms with Crippen LogP contribution in [0.4, 0.5) is 39.4 Å². The second-order valence-corrected chi connectivity index (χ2v) is 11.2. The van der Waals surface area contributed by atoms with Gasteiger partial charge in [0.15, 0.2) is 5.83 Å². The lowest BCUT2D eigenvalue weighted by Gasteiger charge is -2.44. The first-order valence-corrected chi connectivity index (χ1v) is 14.5. The van der Waals surface area contributed by atoms with Gasteiger partial charge >= 0.3 is 12.1 Å². The molecule has 12 nitrogen and oxygen atoms in total. The van der Waals surface area contributed by atoms with E-state index in [0.29, 0.717) is 6.07 Å². The lowest BCUT2D eigenvalue weighted by Crippen LogP contribution is -2.56. The molecule has 2 aromatic rings. The zero-order chi connectivity index (χ0) is 33.6. The van der Waals surface area contributed by atoms with Gasteiger partial charge in [-0.2, -0.15) is 0 Å². The maximum Gasteiger partial charge on any atom is 0.414 e. The number of carboxylic acids is 1. The van der Waals surface area contributed by atoms with E-state index in [1.165, 1.54) is 24.0 Å². The first kappa shape index (κ1) is 31.4. The number of piperazine rings is 1. The smallest absolute Gasteiger partial charge is 0.414 e. The molecule has 1 unspecified atom stereocenters. The Morgan fingerprint density at radius 3 is 2.32 bits per heavy atom. The highest BCUT2D eigenvalue weighted by atomic mass is 19.1. The number of Topliss-reactive ketones (excluding diaryl/α,β-unsaturated/α-hetero) is 1. The van der Waals surface area contributed by atoms with E-state index in [4.69, 9.17) is 4.74 Å². The minimum absolute atomic E-state index is 0.0388. The van der Waals surface area contributed by atoms with Crippen LogP contribution in [-0.2, 0) is 19.1 Å². The number of nitrogens with one attached hydrogen (secondary N) is 2. The van der Waals surface area contributed by atoms with E-state index < -0.39 is 59.0 Å². The molecule has 6 rings (SSSR count). The van der Waals surface area contributed by atoms with Crippen LogP contribution < -0.4 is 25.3 Å². The minimum Gasteiger partial charge on any atom is -0.477 e. The van der Waals surface area contributed by atoms with Gasteiger partial charge in [-0.3, -0.25) is 14.5 Å². The highest BCUT2D eigenvalue weighted by Gasteiger charge is 2.41. The Hall–Kier alpha value is -5.54. The number of hydrogen-bond acceptors (Lipinski definition) is 9. The maximum atomic E-state index is 15.5. The van der Waals surface area contributed by atoms with Gasteiger partial charge < -0.3 is 35.2 Å². The van der Waals surface area contributed by atoms with Gasteiger partial charge in [-0.05, 0) is 36.4 Å². The molecule has 2 fully saturated rings. The standard InChI is InChI=1S/C31H28F4N6O6/c1-16(42)36-13-19-14-40(31(46)47-19)18-3-5-25(23(34)11-18)38-6-8-39(9-7-38)29-24(35)12-20-27(43)21(30(44)45)15-41(28(20)37-29)26-4-2-17(32)10-22(26)33/h2-5,10-12,15,19,28,37H,6-9,13-14H2,1H3,(H,36,42)(H,44,45)/t19-,28?/m0/s1. The third-order valence-electron chi connectivity index (χ3n) is 8.18. The fraction of sp³-hybridized carbons (Fsp3) is 0.290. The van der Waals surface area contributed by atoms with Crippen LogP contribution in [-0.4, -0.2) is 85.3 Å². The predicted octanol–water partition coefficient (Wildman–Crippen LogP) is 2.74. The maximum absolute atomic E-state index is 15.5. The van der Waals surface area contributed by atoms with Crippen molar-refractivity contribution in [3.05, 3.63) is 88.9 Å². The van der Waals surface area contributed by atoms with Crippen LogP contribution >= 0.6 is 0 Å². The third kappa shape index (κ3) is 6.05. The molecular weight excluding hydrogens is 628 g/mol. The number of carbonyl (C=O) groups excluding carboxylic acids is 3. The largest absolute Gasteiger partial charge is 0.477 e. The van der Waals surface area contributed by atoms with Crippen molar-refractivity contribution in [2.75, 3.05) is 54.0 Å². The fourth-order valence-electron chi connectivity index (χ4n) is 5.88. The monoisotopic (exact) mass is 656 g/mol. The number of anilines is 3. The molecule has 4 aliphatic heterocycles. The molecule has 4 heterocycles. The van der Waals surface area contributed by atoms with Crippen molar-refractivity contribution in [2.24, 2.45) is 0 Å². The van der Waals surface area contributed by atoms with E-state index in [-0.39, 0.29) is 73.6 Å². The molecule has 2 saturated heterocycles. The lowest BCUT2D eigenvalue weighted by molar-refractivity contribution is -0.134. The topological polar surface area (TPSA) is 135 Å². The second-order valence-electron chi connectivity index (χ2n) is 11.2. The van der Waals surface area contributed by atoms with E-state index in [9.17, 15) is 33.1 Å². The van der Waals surface area contributed by atoms with Crippen LogP contribution in [0, 0.1) is 17.5 Å². The van der Waals surface area contributed by atoms with Crippen molar-refractivity contribution in [1.29, 1.82) is 0 Å². The summed E-state index contributed by atoms with van der Waals surface area (Å²) in [7, 11) is 0. The number of ether oxygens (including phenoxy) is 1. The van der Waals surface area contributed by atoms with Gasteiger partial charge in [-0.15, -0.1) is 0 Å². The molecule has 0 saturated carbocycles. The number of rotatable bonds is 7. The summed E-state index contributed by atoms with van der Waals surface area (Å²) in [6, 6.07) is 6.97. The van der Waals surface area contributed by atoms with Gasteiger partial charge in [0.05, 0.1) is 30.2 Å². The fourth-order valence-corrected chi connectivity index (χ4v) is 5.88. The number of nitrogens with zero attached hydrogens (tertiary/aromatic N) is 4. The molecule has 16 heteroatoms. The van der Waals surface area contributed by atoms with Gasteiger partial charge in [0.2, 0.25) is 11.7 Å². The molecule has 0 aromatic heterocycles. The third-order valence-corrected chi connectivity index (χ3v) is 8.18. The lowest BCUT2D eigenvalue weighted by atomic mass is 9.94. The summed E-state index contributed by atoms with van der Waals surface area (Å²) < 4.78 is 64.5. The van der Waals surface area contributed by atoms with Crippen molar-refractivity contribution < 1.29 is 46.6 Å². The molecule has 2 amide bonds. The van der Waals surface area contributed by atoms with Crippen LogP contribution in [0.3, 0.4) is 0 Å². The van der Waals surface area contributed by atoms with E-state index in [0.717, 1.165) is 29.3 Å². The SMILES string of the molecule is CC(=O)NC[C@H]1CN(c2ccc(N3CCN(C4=C(F)C=C5C(=O)C(C(=O)O)=CN(c6ccc(F)cc6F)C5N4)CC3)c(F)c2)C(=O)O1. The molecule has 2 aromatic carbocycles. The van der Waals surface area contributed by atoms with Gasteiger partial charge in [-0.1, -0.05) is 0 Å². The van der Waals surface area contributed by atoms with Crippen molar-refractivity contribution in [3.8, 4) is 0 Å². The Morgan fingerprint density at radius 1 is 0.979 bits per heavy atom. The van der Waals surface area contributed by atoms with Crippen LogP contribution in [0.2, 0.25) is 0 Å². The summed E-state index contributed by atoms with van der Waals surface area (Å²) in [5.41, 5.74) is -0.699. The Kier molecular flexibility index (Phi) is 8.25. The van der Waals surface area contributed by atoms with E-state index >= 15 is 8.78 Å². The number of dihydropyridines is 1.